The Morgan fingerprint density at radius 1 is 1.36 bits per heavy atom. The average Bonchev–Trinajstić information content (AvgIpc) is 2.25. The Balaban J connectivity index is 2.03. The summed E-state index contributed by atoms with van der Waals surface area (Å²) >= 11 is 0. The van der Waals surface area contributed by atoms with Crippen LogP contribution in [0.4, 0.5) is 0 Å². The third-order valence-electron chi connectivity index (χ3n) is 2.46. The predicted molar refractivity (Wildman–Crippen MR) is 54.0 cm³/mol. The summed E-state index contributed by atoms with van der Waals surface area (Å²) in [6, 6.07) is 0. The van der Waals surface area contributed by atoms with Crippen molar-refractivity contribution in [3.05, 3.63) is 0 Å². The van der Waals surface area contributed by atoms with Gasteiger partial charge in [0.1, 0.15) is 0 Å². The van der Waals surface area contributed by atoms with Gasteiger partial charge in [-0.25, -0.2) is 4.79 Å². The first-order valence-electron chi connectivity index (χ1n) is 4.99. The summed E-state index contributed by atoms with van der Waals surface area (Å²) in [6.07, 6.45) is 6.12. The number of ether oxygens (including phenoxy) is 1. The van der Waals surface area contributed by atoms with Crippen LogP contribution in [0.5, 0.6) is 0 Å². The lowest BCUT2D eigenvalue weighted by atomic mass is 9.90. The molecule has 0 radical (unpaired) electrons. The van der Waals surface area contributed by atoms with Crippen molar-refractivity contribution >= 4 is 15.0 Å². The van der Waals surface area contributed by atoms with Gasteiger partial charge in [-0.2, -0.15) is 0 Å². The molecule has 1 aliphatic carbocycles. The summed E-state index contributed by atoms with van der Waals surface area (Å²) < 4.78 is 9.56. The van der Waals surface area contributed by atoms with E-state index in [2.05, 4.69) is 4.52 Å². The average molecular weight is 220 g/mol. The predicted octanol–water partition coefficient (Wildman–Crippen LogP) is 1.63. The molecule has 1 unspecified atom stereocenters. The number of carbonyl (C=O) groups is 1. The summed E-state index contributed by atoms with van der Waals surface area (Å²) in [5, 5.41) is 0. The minimum absolute atomic E-state index is 0.137. The van der Waals surface area contributed by atoms with Gasteiger partial charge in [0.2, 0.25) is 0 Å². The zero-order valence-electron chi connectivity index (χ0n) is 8.20. The second kappa shape index (κ2) is 7.16. The van der Waals surface area contributed by atoms with E-state index in [0.29, 0.717) is 12.5 Å². The molecule has 1 saturated carbocycles. The molecule has 0 bridgehead atoms. The molecule has 0 spiro atoms. The number of hydrogen-bond donors (Lipinski definition) is 1. The van der Waals surface area contributed by atoms with Crippen molar-refractivity contribution in [3.8, 4) is 0 Å². The molecule has 1 atom stereocenters. The van der Waals surface area contributed by atoms with E-state index in [1.54, 1.807) is 0 Å². The molecule has 0 amide bonds. The first kappa shape index (κ1) is 11.9. The van der Waals surface area contributed by atoms with Crippen LogP contribution in [0.25, 0.3) is 0 Å². The zero-order valence-corrected chi connectivity index (χ0v) is 9.20. The van der Waals surface area contributed by atoms with Gasteiger partial charge in [-0.1, -0.05) is 19.3 Å². The van der Waals surface area contributed by atoms with Crippen molar-refractivity contribution in [1.29, 1.82) is 0 Å². The Morgan fingerprint density at radius 3 is 2.71 bits per heavy atom. The largest absolute Gasteiger partial charge is 0.464 e. The van der Waals surface area contributed by atoms with Crippen LogP contribution in [0, 0.1) is 5.92 Å². The minimum Gasteiger partial charge on any atom is -0.464 e. The van der Waals surface area contributed by atoms with Crippen LogP contribution in [0.3, 0.4) is 0 Å². The van der Waals surface area contributed by atoms with Crippen molar-refractivity contribution in [3.63, 3.8) is 0 Å². The lowest BCUT2D eigenvalue weighted by Crippen LogP contribution is -2.18. The van der Waals surface area contributed by atoms with Crippen LogP contribution in [-0.4, -0.2) is 24.1 Å². The van der Waals surface area contributed by atoms with Crippen LogP contribution in [0.1, 0.15) is 32.1 Å². The van der Waals surface area contributed by atoms with Crippen molar-refractivity contribution in [2.45, 2.75) is 32.1 Å². The zero-order chi connectivity index (χ0) is 10.2. The molecule has 1 fully saturated rings. The van der Waals surface area contributed by atoms with Gasteiger partial charge in [-0.3, -0.25) is 0 Å². The van der Waals surface area contributed by atoms with E-state index in [0.717, 1.165) is 12.8 Å². The molecule has 82 valence electrons. The second-order valence-electron chi connectivity index (χ2n) is 3.57. The Labute approximate surface area is 85.9 Å². The molecule has 0 saturated heterocycles. The van der Waals surface area contributed by atoms with E-state index >= 15 is 0 Å². The van der Waals surface area contributed by atoms with Gasteiger partial charge in [-0.15, -0.1) is 0 Å². The Kier molecular flexibility index (Phi) is 6.08. The summed E-state index contributed by atoms with van der Waals surface area (Å²) in [6.45, 7) is 0.373. The highest BCUT2D eigenvalue weighted by Crippen LogP contribution is 2.23. The monoisotopic (exact) mass is 220 g/mol. The maximum Gasteiger partial charge on any atom is 0.332 e. The van der Waals surface area contributed by atoms with Crippen LogP contribution >= 0.6 is 9.03 Å². The molecule has 5 heteroatoms. The standard InChI is InChI=1S/C9H17O4P/c10-9(7-13-14-11)12-6-8-4-2-1-3-5-8/h8,11,14H,1-7H2. The fourth-order valence-electron chi connectivity index (χ4n) is 1.70. The number of rotatable bonds is 5. The maximum absolute atomic E-state index is 11.0. The van der Waals surface area contributed by atoms with Gasteiger partial charge >= 0.3 is 5.97 Å². The first-order chi connectivity index (χ1) is 6.83. The van der Waals surface area contributed by atoms with Crippen molar-refractivity contribution < 1.29 is 18.9 Å². The lowest BCUT2D eigenvalue weighted by molar-refractivity contribution is -0.147. The van der Waals surface area contributed by atoms with Gasteiger partial charge in [0.05, 0.1) is 6.61 Å². The Hall–Kier alpha value is -0.180. The fraction of sp³-hybridized carbons (Fsp3) is 0.889. The molecular weight excluding hydrogens is 203 g/mol. The first-order valence-corrected chi connectivity index (χ1v) is 5.85. The summed E-state index contributed by atoms with van der Waals surface area (Å²) in [5.74, 6) is 0.154. The Morgan fingerprint density at radius 2 is 2.07 bits per heavy atom. The molecule has 0 aliphatic heterocycles. The van der Waals surface area contributed by atoms with Crippen molar-refractivity contribution in [1.82, 2.24) is 0 Å². The third-order valence-corrected chi connectivity index (χ3v) is 2.73. The van der Waals surface area contributed by atoms with Crippen LogP contribution in [0.2, 0.25) is 0 Å². The highest BCUT2D eigenvalue weighted by Gasteiger charge is 2.15. The van der Waals surface area contributed by atoms with Gasteiger partial charge < -0.3 is 14.2 Å². The topological polar surface area (TPSA) is 55.8 Å². The smallest absolute Gasteiger partial charge is 0.332 e. The molecule has 1 N–H and O–H groups in total. The highest BCUT2D eigenvalue weighted by molar-refractivity contribution is 7.25. The van der Waals surface area contributed by atoms with Crippen LogP contribution in [0.15, 0.2) is 0 Å². The van der Waals surface area contributed by atoms with Crippen molar-refractivity contribution in [2.24, 2.45) is 5.92 Å². The minimum atomic E-state index is -0.640. The molecule has 0 heterocycles. The normalized spacial score (nSPS) is 18.9. The van der Waals surface area contributed by atoms with E-state index in [9.17, 15) is 4.79 Å². The second-order valence-corrected chi connectivity index (χ2v) is 4.04. The van der Waals surface area contributed by atoms with E-state index < -0.39 is 9.03 Å². The number of esters is 1. The Bertz CT molecular complexity index is 168. The van der Waals surface area contributed by atoms with E-state index in [4.69, 9.17) is 9.63 Å². The molecular formula is C9H17O4P. The summed E-state index contributed by atoms with van der Waals surface area (Å²) in [7, 11) is -0.640. The van der Waals surface area contributed by atoms with Gasteiger partial charge in [0.15, 0.2) is 15.6 Å². The molecule has 14 heavy (non-hydrogen) atoms. The van der Waals surface area contributed by atoms with E-state index in [-0.39, 0.29) is 12.6 Å². The number of hydrogen-bond acceptors (Lipinski definition) is 4. The summed E-state index contributed by atoms with van der Waals surface area (Å²) in [4.78, 5) is 19.3. The lowest BCUT2D eigenvalue weighted by Gasteiger charge is -2.20. The third kappa shape index (κ3) is 4.89. The van der Waals surface area contributed by atoms with E-state index in [1.807, 2.05) is 0 Å². The van der Waals surface area contributed by atoms with Gasteiger partial charge in [0.25, 0.3) is 0 Å². The molecule has 0 aromatic heterocycles. The quantitative estimate of drug-likeness (QED) is 0.565. The molecule has 1 aliphatic rings. The highest BCUT2D eigenvalue weighted by atomic mass is 31.1. The maximum atomic E-state index is 11.0. The van der Waals surface area contributed by atoms with E-state index in [1.165, 1.54) is 19.3 Å². The summed E-state index contributed by atoms with van der Waals surface area (Å²) in [5.41, 5.74) is 0. The van der Waals surface area contributed by atoms with Gasteiger partial charge in [0, 0.05) is 0 Å². The SMILES string of the molecule is O=C(COPO)OCC1CCCCC1. The molecule has 4 nitrogen and oxygen atoms in total. The number of carbonyl (C=O) groups excluding carboxylic acids is 1. The van der Waals surface area contributed by atoms with Crippen LogP contribution in [-0.2, 0) is 14.1 Å². The molecule has 0 aromatic carbocycles. The van der Waals surface area contributed by atoms with Gasteiger partial charge in [-0.05, 0) is 18.8 Å². The molecule has 0 aromatic rings. The molecule has 1 rings (SSSR count). The van der Waals surface area contributed by atoms with Crippen LogP contribution < -0.4 is 0 Å². The van der Waals surface area contributed by atoms with Crippen molar-refractivity contribution in [2.75, 3.05) is 13.2 Å². The fourth-order valence-corrected chi connectivity index (χ4v) is 1.88.